The second-order valence-electron chi connectivity index (χ2n) is 3.43. The first-order valence-electron chi connectivity index (χ1n) is 4.42. The second-order valence-corrected chi connectivity index (χ2v) is 3.43. The maximum Gasteiger partial charge on any atom is 0.0635 e. The molecule has 1 rings (SSSR count). The lowest BCUT2D eigenvalue weighted by Gasteiger charge is -2.29. The minimum atomic E-state index is 0. The minimum Gasteiger partial charge on any atom is -0.302 e. The Kier molecular flexibility index (Phi) is 6.14. The fourth-order valence-corrected chi connectivity index (χ4v) is 1.49. The lowest BCUT2D eigenvalue weighted by molar-refractivity contribution is 0.196. The van der Waals surface area contributed by atoms with Gasteiger partial charge in [-0.1, -0.05) is 6.92 Å². The highest BCUT2D eigenvalue weighted by Gasteiger charge is 2.14. The van der Waals surface area contributed by atoms with E-state index in [9.17, 15) is 0 Å². The zero-order valence-electron chi connectivity index (χ0n) is 7.62. The Morgan fingerprint density at radius 2 is 2.00 bits per heavy atom. The van der Waals surface area contributed by atoms with Crippen molar-refractivity contribution in [2.45, 2.75) is 26.2 Å². The van der Waals surface area contributed by atoms with Gasteiger partial charge in [0.1, 0.15) is 0 Å². The minimum absolute atomic E-state index is 0. The average molecular weight is 189 g/mol. The molecule has 1 saturated heterocycles. The third-order valence-corrected chi connectivity index (χ3v) is 2.42. The molecule has 0 atom stereocenters. The Balaban J connectivity index is 0.00000121. The van der Waals surface area contributed by atoms with E-state index in [2.05, 4.69) is 17.9 Å². The number of rotatable bonds is 2. The molecule has 1 aliphatic rings. The van der Waals surface area contributed by atoms with Gasteiger partial charge in [0.15, 0.2) is 0 Å². The van der Waals surface area contributed by atoms with Crippen LogP contribution in [0.25, 0.3) is 0 Å². The van der Waals surface area contributed by atoms with Crippen molar-refractivity contribution >= 4 is 12.4 Å². The summed E-state index contributed by atoms with van der Waals surface area (Å²) < 4.78 is 0. The topological polar surface area (TPSA) is 27.0 Å². The first-order chi connectivity index (χ1) is 5.33. The zero-order valence-corrected chi connectivity index (χ0v) is 8.44. The Morgan fingerprint density at radius 3 is 2.50 bits per heavy atom. The van der Waals surface area contributed by atoms with Gasteiger partial charge in [0.05, 0.1) is 6.07 Å². The molecule has 3 heteroatoms. The van der Waals surface area contributed by atoms with Crippen LogP contribution in [0.3, 0.4) is 0 Å². The van der Waals surface area contributed by atoms with E-state index >= 15 is 0 Å². The molecule has 1 heterocycles. The summed E-state index contributed by atoms with van der Waals surface area (Å²) in [6, 6.07) is 2.18. The number of likely N-dealkylation sites (tertiary alicyclic amines) is 1. The number of halogens is 1. The molecule has 12 heavy (non-hydrogen) atoms. The Morgan fingerprint density at radius 1 is 1.42 bits per heavy atom. The predicted molar refractivity (Wildman–Crippen MR) is 52.3 cm³/mol. The number of piperidine rings is 1. The van der Waals surface area contributed by atoms with Crippen molar-refractivity contribution in [2.24, 2.45) is 5.92 Å². The summed E-state index contributed by atoms with van der Waals surface area (Å²) in [5, 5.41) is 8.37. The maximum absolute atomic E-state index is 8.37. The molecular formula is C9H17ClN2. The summed E-state index contributed by atoms with van der Waals surface area (Å²) >= 11 is 0. The van der Waals surface area contributed by atoms with Gasteiger partial charge < -0.3 is 4.90 Å². The largest absolute Gasteiger partial charge is 0.302 e. The Hall–Kier alpha value is -0.260. The molecule has 0 unspecified atom stereocenters. The fraction of sp³-hybridized carbons (Fsp3) is 0.889. The molecule has 0 radical (unpaired) electrons. The van der Waals surface area contributed by atoms with Crippen LogP contribution in [0.1, 0.15) is 26.2 Å². The molecular weight excluding hydrogens is 172 g/mol. The predicted octanol–water partition coefficient (Wildman–Crippen LogP) is 2.05. The van der Waals surface area contributed by atoms with Gasteiger partial charge in [0.2, 0.25) is 0 Å². The van der Waals surface area contributed by atoms with Crippen LogP contribution in [0.2, 0.25) is 0 Å². The van der Waals surface area contributed by atoms with Crippen LogP contribution in [0.4, 0.5) is 0 Å². The highest BCUT2D eigenvalue weighted by molar-refractivity contribution is 5.85. The third-order valence-electron chi connectivity index (χ3n) is 2.42. The maximum atomic E-state index is 8.37. The van der Waals surface area contributed by atoms with Crippen LogP contribution in [0, 0.1) is 17.2 Å². The van der Waals surface area contributed by atoms with E-state index in [1.54, 1.807) is 0 Å². The highest BCUT2D eigenvalue weighted by atomic mass is 35.5. The molecule has 0 bridgehead atoms. The van der Waals surface area contributed by atoms with Gasteiger partial charge in [0.25, 0.3) is 0 Å². The number of nitriles is 1. The van der Waals surface area contributed by atoms with Crippen molar-refractivity contribution in [1.29, 1.82) is 5.26 Å². The Bertz CT molecular complexity index is 145. The number of hydrogen-bond donors (Lipinski definition) is 0. The first-order valence-corrected chi connectivity index (χ1v) is 4.42. The van der Waals surface area contributed by atoms with E-state index in [-0.39, 0.29) is 12.4 Å². The van der Waals surface area contributed by atoms with Gasteiger partial charge in [-0.3, -0.25) is 0 Å². The SMILES string of the molecule is CC1CCN(CCC#N)CC1.Cl. The Labute approximate surface area is 81.0 Å². The van der Waals surface area contributed by atoms with Crippen molar-refractivity contribution in [3.8, 4) is 6.07 Å². The average Bonchev–Trinajstić information content (AvgIpc) is 2.04. The van der Waals surface area contributed by atoms with Crippen molar-refractivity contribution in [3.63, 3.8) is 0 Å². The van der Waals surface area contributed by atoms with Crippen molar-refractivity contribution in [3.05, 3.63) is 0 Å². The summed E-state index contributed by atoms with van der Waals surface area (Å²) in [6.45, 7) is 5.68. The zero-order chi connectivity index (χ0) is 8.10. The fourth-order valence-electron chi connectivity index (χ4n) is 1.49. The van der Waals surface area contributed by atoms with E-state index in [1.165, 1.54) is 25.9 Å². The standard InChI is InChI=1S/C9H16N2.ClH/c1-9-3-7-11(8-4-9)6-2-5-10;/h9H,2-4,6-8H2,1H3;1H. The number of nitrogens with zero attached hydrogens (tertiary/aromatic N) is 2. The molecule has 0 aromatic carbocycles. The van der Waals surface area contributed by atoms with Crippen LogP contribution in [-0.2, 0) is 0 Å². The molecule has 70 valence electrons. The molecule has 1 aliphatic heterocycles. The summed E-state index contributed by atoms with van der Waals surface area (Å²) in [7, 11) is 0. The van der Waals surface area contributed by atoms with Gasteiger partial charge in [-0.05, 0) is 31.8 Å². The molecule has 0 saturated carbocycles. The van der Waals surface area contributed by atoms with Crippen LogP contribution in [0.15, 0.2) is 0 Å². The van der Waals surface area contributed by atoms with E-state index in [0.29, 0.717) is 6.42 Å². The van der Waals surface area contributed by atoms with Crippen molar-refractivity contribution in [1.82, 2.24) is 4.90 Å². The van der Waals surface area contributed by atoms with Crippen molar-refractivity contribution < 1.29 is 0 Å². The molecule has 2 nitrogen and oxygen atoms in total. The molecule has 0 spiro atoms. The van der Waals surface area contributed by atoms with E-state index in [0.717, 1.165) is 12.5 Å². The monoisotopic (exact) mass is 188 g/mol. The van der Waals surface area contributed by atoms with Crippen LogP contribution < -0.4 is 0 Å². The first kappa shape index (κ1) is 11.7. The lowest BCUT2D eigenvalue weighted by Crippen LogP contribution is -2.33. The summed E-state index contributed by atoms with van der Waals surface area (Å²) in [4.78, 5) is 2.39. The highest BCUT2D eigenvalue weighted by Crippen LogP contribution is 2.15. The van der Waals surface area contributed by atoms with Gasteiger partial charge in [-0.15, -0.1) is 12.4 Å². The van der Waals surface area contributed by atoms with E-state index in [1.807, 2.05) is 0 Å². The summed E-state index contributed by atoms with van der Waals surface area (Å²) in [5.41, 5.74) is 0. The van der Waals surface area contributed by atoms with Crippen molar-refractivity contribution in [2.75, 3.05) is 19.6 Å². The summed E-state index contributed by atoms with van der Waals surface area (Å²) in [6.07, 6.45) is 3.31. The smallest absolute Gasteiger partial charge is 0.0635 e. The van der Waals surface area contributed by atoms with Gasteiger partial charge in [-0.25, -0.2) is 0 Å². The van der Waals surface area contributed by atoms with Crippen LogP contribution in [0.5, 0.6) is 0 Å². The molecule has 0 aliphatic carbocycles. The number of hydrogen-bond acceptors (Lipinski definition) is 2. The molecule has 0 N–H and O–H groups in total. The second kappa shape index (κ2) is 6.28. The molecule has 1 fully saturated rings. The van der Waals surface area contributed by atoms with E-state index < -0.39 is 0 Å². The van der Waals surface area contributed by atoms with Gasteiger partial charge in [-0.2, -0.15) is 5.26 Å². The third kappa shape index (κ3) is 3.94. The van der Waals surface area contributed by atoms with E-state index in [4.69, 9.17) is 5.26 Å². The van der Waals surface area contributed by atoms with Gasteiger partial charge in [0, 0.05) is 13.0 Å². The molecule has 0 amide bonds. The molecule has 0 aromatic heterocycles. The van der Waals surface area contributed by atoms with Crippen LogP contribution >= 0.6 is 12.4 Å². The van der Waals surface area contributed by atoms with Crippen LogP contribution in [-0.4, -0.2) is 24.5 Å². The lowest BCUT2D eigenvalue weighted by atomic mass is 9.99. The normalized spacial score (nSPS) is 19.7. The quantitative estimate of drug-likeness (QED) is 0.664. The van der Waals surface area contributed by atoms with Gasteiger partial charge >= 0.3 is 0 Å². The molecule has 0 aromatic rings. The summed E-state index contributed by atoms with van der Waals surface area (Å²) in [5.74, 6) is 0.897.